The number of benzene rings is 2. The molecule has 0 unspecified atom stereocenters. The zero-order valence-electron chi connectivity index (χ0n) is 17.4. The molecule has 4 rings (SSSR count). The van der Waals surface area contributed by atoms with Crippen LogP contribution in [0, 0.1) is 0 Å². The quantitative estimate of drug-likeness (QED) is 0.349. The van der Waals surface area contributed by atoms with E-state index in [2.05, 4.69) is 4.90 Å². The van der Waals surface area contributed by atoms with Crippen molar-refractivity contribution in [3.05, 3.63) is 82.2 Å². The molecule has 1 aromatic heterocycles. The number of nitrogens with zero attached hydrogens (tertiary/aromatic N) is 3. The fourth-order valence-electron chi connectivity index (χ4n) is 3.27. The molecule has 3 aromatic rings. The van der Waals surface area contributed by atoms with Crippen LogP contribution in [0.1, 0.15) is 0 Å². The van der Waals surface area contributed by atoms with Crippen molar-refractivity contribution in [2.75, 3.05) is 42.0 Å². The summed E-state index contributed by atoms with van der Waals surface area (Å²) in [5.74, 6) is 3.70. The maximum atomic E-state index is 12.5. The fourth-order valence-corrected chi connectivity index (χ4v) is 5.30. The molecule has 1 N–H and O–H groups in total. The molecule has 168 valence electrons. The highest BCUT2D eigenvalue weighted by Gasteiger charge is 2.17. The maximum Gasteiger partial charge on any atom is 0.307 e. The van der Waals surface area contributed by atoms with Crippen molar-refractivity contribution in [3.63, 3.8) is 0 Å². The summed E-state index contributed by atoms with van der Waals surface area (Å²) in [5.41, 5.74) is 0.0183. The van der Waals surface area contributed by atoms with E-state index >= 15 is 0 Å². The standard InChI is InChI=1S/C23H24ClN3O3S2/c24-18-3-5-19(6-4-18)30-20-7-9-21(10-8-20)32-27(13-12-25-14-16-31-17-15-25)22-2-1-11-26(29)23(22)28/h1-11,29H,12-17H2. The first-order valence-electron chi connectivity index (χ1n) is 10.3. The van der Waals surface area contributed by atoms with Gasteiger partial charge in [0.05, 0.1) is 0 Å². The predicted octanol–water partition coefficient (Wildman–Crippen LogP) is 5.09. The fraction of sp³-hybridized carbons (Fsp3) is 0.261. The van der Waals surface area contributed by atoms with E-state index in [9.17, 15) is 10.0 Å². The molecule has 1 aliphatic heterocycles. The minimum atomic E-state index is -0.433. The number of thioether (sulfide) groups is 1. The minimum Gasteiger partial charge on any atom is -0.457 e. The van der Waals surface area contributed by atoms with Gasteiger partial charge in [0.15, 0.2) is 0 Å². The first-order valence-corrected chi connectivity index (χ1v) is 12.6. The number of hydrogen-bond donors (Lipinski definition) is 1. The lowest BCUT2D eigenvalue weighted by Crippen LogP contribution is -2.39. The lowest BCUT2D eigenvalue weighted by molar-refractivity contribution is 0.175. The van der Waals surface area contributed by atoms with Crippen molar-refractivity contribution in [3.8, 4) is 11.5 Å². The van der Waals surface area contributed by atoms with Crippen LogP contribution >= 0.6 is 35.3 Å². The number of hydrogen-bond acceptors (Lipinski definition) is 7. The molecule has 0 bridgehead atoms. The molecule has 2 heterocycles. The van der Waals surface area contributed by atoms with Gasteiger partial charge in [-0.3, -0.25) is 9.69 Å². The molecule has 32 heavy (non-hydrogen) atoms. The molecule has 0 radical (unpaired) electrons. The first kappa shape index (κ1) is 22.9. The summed E-state index contributed by atoms with van der Waals surface area (Å²) < 4.78 is 8.44. The highest BCUT2D eigenvalue weighted by atomic mass is 35.5. The van der Waals surface area contributed by atoms with Crippen molar-refractivity contribution in [1.82, 2.24) is 9.63 Å². The Morgan fingerprint density at radius 3 is 2.38 bits per heavy atom. The monoisotopic (exact) mass is 489 g/mol. The summed E-state index contributed by atoms with van der Waals surface area (Å²) in [6, 6.07) is 18.3. The zero-order chi connectivity index (χ0) is 22.3. The Hall–Kier alpha value is -2.26. The summed E-state index contributed by atoms with van der Waals surface area (Å²) in [5, 5.41) is 10.5. The van der Waals surface area contributed by atoms with E-state index in [1.807, 2.05) is 52.5 Å². The van der Waals surface area contributed by atoms with E-state index in [-0.39, 0.29) is 0 Å². The molecule has 0 spiro atoms. The van der Waals surface area contributed by atoms with Crippen molar-refractivity contribution in [2.45, 2.75) is 4.90 Å². The molecule has 2 aromatic carbocycles. The van der Waals surface area contributed by atoms with Gasteiger partial charge in [-0.05, 0) is 72.6 Å². The Morgan fingerprint density at radius 1 is 1.03 bits per heavy atom. The normalized spacial score (nSPS) is 14.3. The van der Waals surface area contributed by atoms with Crippen LogP contribution in [0.25, 0.3) is 0 Å². The van der Waals surface area contributed by atoms with Gasteiger partial charge in [0, 0.05) is 53.8 Å². The van der Waals surface area contributed by atoms with Gasteiger partial charge >= 0.3 is 5.56 Å². The van der Waals surface area contributed by atoms with Crippen LogP contribution in [-0.4, -0.2) is 52.5 Å². The Labute approximate surface area is 200 Å². The summed E-state index contributed by atoms with van der Waals surface area (Å²) >= 11 is 9.37. The number of halogens is 1. The molecule has 0 saturated carbocycles. The third kappa shape index (κ3) is 6.16. The Bertz CT molecular complexity index is 1070. The average molecular weight is 490 g/mol. The Morgan fingerprint density at radius 2 is 1.69 bits per heavy atom. The van der Waals surface area contributed by atoms with Crippen molar-refractivity contribution < 1.29 is 9.94 Å². The number of rotatable bonds is 8. The van der Waals surface area contributed by atoms with Gasteiger partial charge in [-0.15, -0.1) is 0 Å². The number of ether oxygens (including phenoxy) is 1. The molecule has 0 aliphatic carbocycles. The molecule has 1 fully saturated rings. The predicted molar refractivity (Wildman–Crippen MR) is 133 cm³/mol. The van der Waals surface area contributed by atoms with E-state index in [1.54, 1.807) is 24.3 Å². The minimum absolute atomic E-state index is 0.433. The average Bonchev–Trinajstić information content (AvgIpc) is 2.82. The van der Waals surface area contributed by atoms with Crippen LogP contribution in [0.15, 0.2) is 76.6 Å². The molecule has 6 nitrogen and oxygen atoms in total. The molecule has 0 atom stereocenters. The van der Waals surface area contributed by atoms with E-state index in [4.69, 9.17) is 16.3 Å². The Kier molecular flexibility index (Phi) is 7.91. The maximum absolute atomic E-state index is 12.5. The molecule has 0 amide bonds. The Balaban J connectivity index is 1.47. The number of anilines is 1. The third-order valence-electron chi connectivity index (χ3n) is 4.99. The SMILES string of the molecule is O=c1c(N(CCN2CCSCC2)Sc2ccc(Oc3ccc(Cl)cc3)cc2)cccn1O. The topological polar surface area (TPSA) is 57.9 Å². The largest absolute Gasteiger partial charge is 0.457 e. The van der Waals surface area contributed by atoms with Gasteiger partial charge in [-0.2, -0.15) is 16.5 Å². The van der Waals surface area contributed by atoms with Crippen LogP contribution in [0.3, 0.4) is 0 Å². The second kappa shape index (κ2) is 11.0. The molecular weight excluding hydrogens is 466 g/mol. The van der Waals surface area contributed by atoms with Gasteiger partial charge in [-0.25, -0.2) is 0 Å². The van der Waals surface area contributed by atoms with Crippen LogP contribution in [-0.2, 0) is 0 Å². The van der Waals surface area contributed by atoms with Crippen LogP contribution in [0.2, 0.25) is 5.02 Å². The van der Waals surface area contributed by atoms with Crippen molar-refractivity contribution in [1.29, 1.82) is 0 Å². The van der Waals surface area contributed by atoms with E-state index in [0.29, 0.717) is 33.5 Å². The van der Waals surface area contributed by atoms with Gasteiger partial charge in [0.25, 0.3) is 0 Å². The summed E-state index contributed by atoms with van der Waals surface area (Å²) in [7, 11) is 0. The second-order valence-electron chi connectivity index (χ2n) is 7.22. The highest BCUT2D eigenvalue weighted by molar-refractivity contribution is 8.00. The third-order valence-corrected chi connectivity index (χ3v) is 7.27. The zero-order valence-corrected chi connectivity index (χ0v) is 19.8. The van der Waals surface area contributed by atoms with Crippen LogP contribution < -0.4 is 14.6 Å². The lowest BCUT2D eigenvalue weighted by atomic mass is 10.3. The van der Waals surface area contributed by atoms with E-state index in [1.165, 1.54) is 18.1 Å². The van der Waals surface area contributed by atoms with Gasteiger partial charge in [-0.1, -0.05) is 11.6 Å². The van der Waals surface area contributed by atoms with Crippen LogP contribution in [0.4, 0.5) is 5.69 Å². The van der Waals surface area contributed by atoms with Gasteiger partial charge < -0.3 is 14.2 Å². The van der Waals surface area contributed by atoms with Gasteiger partial charge in [0.1, 0.15) is 17.2 Å². The molecule has 1 saturated heterocycles. The number of pyridine rings is 1. The van der Waals surface area contributed by atoms with Crippen LogP contribution in [0.5, 0.6) is 11.5 Å². The van der Waals surface area contributed by atoms with Crippen molar-refractivity contribution >= 4 is 41.0 Å². The second-order valence-corrected chi connectivity index (χ2v) is 9.97. The molecule has 1 aliphatic rings. The van der Waals surface area contributed by atoms with E-state index < -0.39 is 5.56 Å². The van der Waals surface area contributed by atoms with Gasteiger partial charge in [0.2, 0.25) is 0 Å². The smallest absolute Gasteiger partial charge is 0.307 e. The summed E-state index contributed by atoms with van der Waals surface area (Å²) in [6.07, 6.45) is 1.35. The first-order chi connectivity index (χ1) is 15.6. The molecular formula is C23H24ClN3O3S2. The van der Waals surface area contributed by atoms with Crippen molar-refractivity contribution in [2.24, 2.45) is 0 Å². The summed E-state index contributed by atoms with van der Waals surface area (Å²) in [4.78, 5) is 15.9. The molecule has 9 heteroatoms. The number of aromatic nitrogens is 1. The highest BCUT2D eigenvalue weighted by Crippen LogP contribution is 2.30. The summed E-state index contributed by atoms with van der Waals surface area (Å²) in [6.45, 7) is 3.63. The lowest BCUT2D eigenvalue weighted by Gasteiger charge is -2.30. The van der Waals surface area contributed by atoms with E-state index in [0.717, 1.165) is 36.0 Å².